The molecule has 0 aliphatic heterocycles. The zero-order valence-electron chi connectivity index (χ0n) is 11.7. The molecule has 106 valence electrons. The van der Waals surface area contributed by atoms with Crippen LogP contribution in [0.4, 0.5) is 0 Å². The number of ether oxygens (including phenoxy) is 1. The van der Waals surface area contributed by atoms with E-state index in [1.54, 1.807) is 18.4 Å². The summed E-state index contributed by atoms with van der Waals surface area (Å²) in [5.41, 5.74) is 9.96. The number of thiazole rings is 1. The quantitative estimate of drug-likeness (QED) is 0.793. The van der Waals surface area contributed by atoms with Gasteiger partial charge in [0.2, 0.25) is 0 Å². The van der Waals surface area contributed by atoms with Gasteiger partial charge in [-0.15, -0.1) is 11.3 Å². The highest BCUT2D eigenvalue weighted by molar-refractivity contribution is 7.13. The number of nitrogens with zero attached hydrogens (tertiary/aromatic N) is 1. The molecule has 3 aromatic rings. The van der Waals surface area contributed by atoms with Crippen LogP contribution in [0.3, 0.4) is 0 Å². The Hall–Kier alpha value is -2.17. The van der Waals surface area contributed by atoms with Crippen molar-refractivity contribution >= 4 is 11.3 Å². The maximum absolute atomic E-state index is 5.62. The van der Waals surface area contributed by atoms with Crippen molar-refractivity contribution in [2.24, 2.45) is 5.73 Å². The lowest BCUT2D eigenvalue weighted by molar-refractivity contribution is 0.415. The Balaban J connectivity index is 1.87. The summed E-state index contributed by atoms with van der Waals surface area (Å²) in [7, 11) is 1.67. The summed E-state index contributed by atoms with van der Waals surface area (Å²) in [4.78, 5) is 4.71. The summed E-state index contributed by atoms with van der Waals surface area (Å²) in [6, 6.07) is 16.2. The second-order valence-corrected chi connectivity index (χ2v) is 5.53. The van der Waals surface area contributed by atoms with Crippen LogP contribution in [0.1, 0.15) is 5.56 Å². The maximum Gasteiger partial charge on any atom is 0.124 e. The van der Waals surface area contributed by atoms with Crippen LogP contribution < -0.4 is 10.5 Å². The predicted octanol–water partition coefficient (Wildman–Crippen LogP) is 3.94. The third kappa shape index (κ3) is 2.96. The van der Waals surface area contributed by atoms with E-state index in [1.165, 1.54) is 0 Å². The fourth-order valence-corrected chi connectivity index (χ4v) is 2.92. The van der Waals surface area contributed by atoms with Gasteiger partial charge in [0, 0.05) is 23.1 Å². The van der Waals surface area contributed by atoms with E-state index in [9.17, 15) is 0 Å². The number of hydrogen-bond acceptors (Lipinski definition) is 4. The molecule has 3 rings (SSSR count). The van der Waals surface area contributed by atoms with Gasteiger partial charge >= 0.3 is 0 Å². The molecule has 0 saturated carbocycles. The number of rotatable bonds is 4. The predicted molar refractivity (Wildman–Crippen MR) is 87.4 cm³/mol. The third-order valence-corrected chi connectivity index (χ3v) is 4.22. The summed E-state index contributed by atoms with van der Waals surface area (Å²) in [6.07, 6.45) is 0. The maximum atomic E-state index is 5.62. The van der Waals surface area contributed by atoms with Gasteiger partial charge in [-0.05, 0) is 29.8 Å². The van der Waals surface area contributed by atoms with Crippen LogP contribution in [0.5, 0.6) is 5.75 Å². The molecule has 4 heteroatoms. The molecule has 0 spiro atoms. The van der Waals surface area contributed by atoms with Crippen molar-refractivity contribution < 1.29 is 4.74 Å². The second kappa shape index (κ2) is 6.08. The molecule has 0 saturated heterocycles. The minimum absolute atomic E-state index is 0.564. The Morgan fingerprint density at radius 2 is 1.67 bits per heavy atom. The fourth-order valence-electron chi connectivity index (χ4n) is 2.08. The van der Waals surface area contributed by atoms with E-state index < -0.39 is 0 Å². The van der Waals surface area contributed by atoms with Crippen molar-refractivity contribution in [1.82, 2.24) is 4.98 Å². The Morgan fingerprint density at radius 3 is 2.29 bits per heavy atom. The molecule has 0 radical (unpaired) electrons. The van der Waals surface area contributed by atoms with Gasteiger partial charge in [0.15, 0.2) is 0 Å². The van der Waals surface area contributed by atoms with Crippen LogP contribution in [-0.2, 0) is 6.54 Å². The molecule has 2 aromatic carbocycles. The largest absolute Gasteiger partial charge is 0.497 e. The molecule has 0 aliphatic rings. The minimum atomic E-state index is 0.564. The fraction of sp³-hybridized carbons (Fsp3) is 0.118. The minimum Gasteiger partial charge on any atom is -0.497 e. The average Bonchev–Trinajstić information content (AvgIpc) is 3.05. The van der Waals surface area contributed by atoms with Gasteiger partial charge in [-0.3, -0.25) is 0 Å². The lowest BCUT2D eigenvalue weighted by Crippen LogP contribution is -1.95. The molecule has 1 heterocycles. The topological polar surface area (TPSA) is 48.1 Å². The Bertz CT molecular complexity index is 655. The Morgan fingerprint density at radius 1 is 1.00 bits per heavy atom. The first-order valence-electron chi connectivity index (χ1n) is 6.69. The summed E-state index contributed by atoms with van der Waals surface area (Å²) < 4.78 is 5.17. The number of hydrogen-bond donors (Lipinski definition) is 1. The van der Waals surface area contributed by atoms with E-state index in [-0.39, 0.29) is 0 Å². The van der Waals surface area contributed by atoms with Crippen LogP contribution in [0.2, 0.25) is 0 Å². The first-order valence-corrected chi connectivity index (χ1v) is 7.57. The van der Waals surface area contributed by atoms with Gasteiger partial charge in [-0.2, -0.15) is 0 Å². The molecule has 2 N–H and O–H groups in total. The van der Waals surface area contributed by atoms with E-state index in [2.05, 4.69) is 17.5 Å². The first-order chi connectivity index (χ1) is 10.3. The smallest absolute Gasteiger partial charge is 0.124 e. The van der Waals surface area contributed by atoms with Gasteiger partial charge < -0.3 is 10.5 Å². The molecule has 0 fully saturated rings. The van der Waals surface area contributed by atoms with Crippen molar-refractivity contribution in [3.8, 4) is 27.6 Å². The molecular weight excluding hydrogens is 280 g/mol. The van der Waals surface area contributed by atoms with E-state index in [0.29, 0.717) is 6.54 Å². The summed E-state index contributed by atoms with van der Waals surface area (Å²) in [5, 5.41) is 3.09. The summed E-state index contributed by atoms with van der Waals surface area (Å²) in [5.74, 6) is 0.855. The standard InChI is InChI=1S/C17H16N2OS/c1-20-15-8-6-14(7-9-15)17-19-16(11-21-17)13-4-2-12(10-18)3-5-13/h2-9,11H,10,18H2,1H3. The van der Waals surface area contributed by atoms with Crippen LogP contribution in [0.15, 0.2) is 53.9 Å². The zero-order valence-corrected chi connectivity index (χ0v) is 12.6. The van der Waals surface area contributed by atoms with Crippen LogP contribution in [0.25, 0.3) is 21.8 Å². The second-order valence-electron chi connectivity index (χ2n) is 4.67. The lowest BCUT2D eigenvalue weighted by Gasteiger charge is -2.01. The number of methoxy groups -OCH3 is 1. The normalized spacial score (nSPS) is 10.6. The molecule has 1 aromatic heterocycles. The van der Waals surface area contributed by atoms with Gasteiger partial charge in [-0.25, -0.2) is 4.98 Å². The lowest BCUT2D eigenvalue weighted by atomic mass is 10.1. The molecular formula is C17H16N2OS. The third-order valence-electron chi connectivity index (χ3n) is 3.33. The summed E-state index contributed by atoms with van der Waals surface area (Å²) >= 11 is 1.64. The van der Waals surface area contributed by atoms with Crippen LogP contribution in [-0.4, -0.2) is 12.1 Å². The highest BCUT2D eigenvalue weighted by Gasteiger charge is 2.07. The SMILES string of the molecule is COc1ccc(-c2nc(-c3ccc(CN)cc3)cs2)cc1. The van der Waals surface area contributed by atoms with Crippen LogP contribution in [0, 0.1) is 0 Å². The summed E-state index contributed by atoms with van der Waals surface area (Å²) in [6.45, 7) is 0.564. The van der Waals surface area contributed by atoms with Gasteiger partial charge in [0.25, 0.3) is 0 Å². The van der Waals surface area contributed by atoms with E-state index in [0.717, 1.165) is 33.1 Å². The van der Waals surface area contributed by atoms with Crippen molar-refractivity contribution in [3.63, 3.8) is 0 Å². The Kier molecular flexibility index (Phi) is 3.99. The monoisotopic (exact) mass is 296 g/mol. The molecule has 3 nitrogen and oxygen atoms in total. The van der Waals surface area contributed by atoms with E-state index in [4.69, 9.17) is 15.5 Å². The van der Waals surface area contributed by atoms with Crippen molar-refractivity contribution in [2.75, 3.05) is 7.11 Å². The highest BCUT2D eigenvalue weighted by Crippen LogP contribution is 2.29. The van der Waals surface area contributed by atoms with Crippen LogP contribution >= 0.6 is 11.3 Å². The molecule has 0 unspecified atom stereocenters. The molecule has 0 atom stereocenters. The number of benzene rings is 2. The molecule has 21 heavy (non-hydrogen) atoms. The van der Waals surface area contributed by atoms with Crippen molar-refractivity contribution in [3.05, 3.63) is 59.5 Å². The van der Waals surface area contributed by atoms with E-state index in [1.807, 2.05) is 36.4 Å². The zero-order chi connectivity index (χ0) is 14.7. The van der Waals surface area contributed by atoms with Crippen molar-refractivity contribution in [1.29, 1.82) is 0 Å². The number of nitrogens with two attached hydrogens (primary N) is 1. The first kappa shape index (κ1) is 13.8. The van der Waals surface area contributed by atoms with Crippen molar-refractivity contribution in [2.45, 2.75) is 6.54 Å². The molecule has 0 amide bonds. The number of aromatic nitrogens is 1. The molecule has 0 aliphatic carbocycles. The van der Waals surface area contributed by atoms with E-state index >= 15 is 0 Å². The van der Waals surface area contributed by atoms with Gasteiger partial charge in [-0.1, -0.05) is 24.3 Å². The molecule has 0 bridgehead atoms. The Labute approximate surface area is 128 Å². The highest BCUT2D eigenvalue weighted by atomic mass is 32.1. The van der Waals surface area contributed by atoms with Gasteiger partial charge in [0.1, 0.15) is 10.8 Å². The average molecular weight is 296 g/mol. The van der Waals surface area contributed by atoms with Gasteiger partial charge in [0.05, 0.1) is 12.8 Å².